The van der Waals surface area contributed by atoms with Crippen molar-refractivity contribution in [3.63, 3.8) is 0 Å². The summed E-state index contributed by atoms with van der Waals surface area (Å²) < 4.78 is 5.39. The Hall–Kier alpha value is 0.1000. The van der Waals surface area contributed by atoms with Gasteiger partial charge in [0.2, 0.25) is 0 Å². The number of rotatable bonds is 5. The van der Waals surface area contributed by atoms with E-state index in [1.165, 1.54) is 0 Å². The van der Waals surface area contributed by atoms with Gasteiger partial charge in [-0.05, 0) is 26.2 Å². The van der Waals surface area contributed by atoms with Crippen LogP contribution >= 0.6 is 47.2 Å². The van der Waals surface area contributed by atoms with Gasteiger partial charge in [0.1, 0.15) is 12.7 Å². The second-order valence-electron chi connectivity index (χ2n) is 3.93. The molecule has 18 heavy (non-hydrogen) atoms. The van der Waals surface area contributed by atoms with E-state index >= 15 is 0 Å². The first kappa shape index (κ1) is 18.1. The summed E-state index contributed by atoms with van der Waals surface area (Å²) in [5, 5.41) is 10.7. The predicted molar refractivity (Wildman–Crippen MR) is 78.8 cm³/mol. The van der Waals surface area contributed by atoms with Gasteiger partial charge in [-0.2, -0.15) is 0 Å². The van der Waals surface area contributed by atoms with Gasteiger partial charge in [-0.25, -0.2) is 0 Å². The third-order valence-electron chi connectivity index (χ3n) is 1.96. The molecule has 0 saturated carbocycles. The maximum absolute atomic E-state index is 9.64. The molecule has 0 fully saturated rings. The molecule has 0 spiro atoms. The number of aliphatic hydroxyl groups is 1. The quantitative estimate of drug-likeness (QED) is 0.896. The van der Waals surface area contributed by atoms with E-state index in [4.69, 9.17) is 39.5 Å². The standard InChI is InChI=1S/C11H14Cl3NO2.ClH/c1-15(2)5-8(16)6-17-11-9(13)3-7(12)4-10(11)14;/h3-4,8,16H,5-6H2,1-2H3;1H. The summed E-state index contributed by atoms with van der Waals surface area (Å²) in [5.74, 6) is 0.343. The molecule has 3 nitrogen and oxygen atoms in total. The molecular formula is C11H15Cl4NO2. The fourth-order valence-electron chi connectivity index (χ4n) is 1.32. The van der Waals surface area contributed by atoms with Crippen molar-refractivity contribution in [2.45, 2.75) is 6.10 Å². The lowest BCUT2D eigenvalue weighted by Gasteiger charge is -2.17. The lowest BCUT2D eigenvalue weighted by molar-refractivity contribution is 0.0832. The lowest BCUT2D eigenvalue weighted by atomic mass is 10.3. The first-order chi connectivity index (χ1) is 7.90. The SMILES string of the molecule is CN(C)CC(O)COc1c(Cl)cc(Cl)cc1Cl.Cl. The van der Waals surface area contributed by atoms with Crippen molar-refractivity contribution in [1.82, 2.24) is 4.90 Å². The van der Waals surface area contributed by atoms with Gasteiger partial charge in [0.25, 0.3) is 0 Å². The Labute approximate surface area is 128 Å². The minimum absolute atomic E-state index is 0. The van der Waals surface area contributed by atoms with E-state index in [1.54, 1.807) is 12.1 Å². The van der Waals surface area contributed by atoms with Crippen LogP contribution in [0.1, 0.15) is 0 Å². The van der Waals surface area contributed by atoms with Gasteiger partial charge in [0.15, 0.2) is 5.75 Å². The molecule has 1 aromatic rings. The number of halogens is 4. The zero-order chi connectivity index (χ0) is 13.0. The first-order valence-corrected chi connectivity index (χ1v) is 6.13. The maximum atomic E-state index is 9.64. The van der Waals surface area contributed by atoms with Crippen molar-refractivity contribution >= 4 is 47.2 Å². The van der Waals surface area contributed by atoms with E-state index < -0.39 is 6.10 Å². The van der Waals surface area contributed by atoms with Gasteiger partial charge in [0, 0.05) is 11.6 Å². The van der Waals surface area contributed by atoms with E-state index in [-0.39, 0.29) is 19.0 Å². The first-order valence-electron chi connectivity index (χ1n) is 5.00. The molecular weight excluding hydrogens is 320 g/mol. The Morgan fingerprint density at radius 2 is 1.72 bits per heavy atom. The van der Waals surface area contributed by atoms with Gasteiger partial charge < -0.3 is 14.7 Å². The summed E-state index contributed by atoms with van der Waals surface area (Å²) in [6.07, 6.45) is -0.604. The topological polar surface area (TPSA) is 32.7 Å². The van der Waals surface area contributed by atoms with Gasteiger partial charge in [0.05, 0.1) is 10.0 Å². The monoisotopic (exact) mass is 333 g/mol. The Morgan fingerprint density at radius 1 is 1.22 bits per heavy atom. The fourth-order valence-corrected chi connectivity index (χ4v) is 2.25. The van der Waals surface area contributed by atoms with E-state index in [0.717, 1.165) is 0 Å². The molecule has 0 amide bonds. The number of likely N-dealkylation sites (N-methyl/N-ethyl adjacent to an activating group) is 1. The van der Waals surface area contributed by atoms with Crippen molar-refractivity contribution in [3.8, 4) is 5.75 Å². The second kappa shape index (κ2) is 8.31. The predicted octanol–water partition coefficient (Wildman–Crippen LogP) is 3.37. The van der Waals surface area contributed by atoms with Crippen molar-refractivity contribution in [2.75, 3.05) is 27.2 Å². The molecule has 0 bridgehead atoms. The van der Waals surface area contributed by atoms with Crippen LogP contribution in [-0.4, -0.2) is 43.4 Å². The number of ether oxygens (including phenoxy) is 1. The molecule has 1 atom stereocenters. The molecule has 7 heteroatoms. The average Bonchev–Trinajstić information content (AvgIpc) is 2.14. The molecule has 1 unspecified atom stereocenters. The highest BCUT2D eigenvalue weighted by molar-refractivity contribution is 6.40. The highest BCUT2D eigenvalue weighted by atomic mass is 35.5. The number of hydrogen-bond acceptors (Lipinski definition) is 3. The smallest absolute Gasteiger partial charge is 0.156 e. The summed E-state index contributed by atoms with van der Waals surface area (Å²) in [5.41, 5.74) is 0. The minimum atomic E-state index is -0.604. The zero-order valence-electron chi connectivity index (χ0n) is 9.99. The molecule has 0 aromatic heterocycles. The Kier molecular flexibility index (Phi) is 8.35. The van der Waals surface area contributed by atoms with Gasteiger partial charge in [-0.3, -0.25) is 0 Å². The van der Waals surface area contributed by atoms with Crippen LogP contribution in [0.15, 0.2) is 12.1 Å². The number of aliphatic hydroxyl groups excluding tert-OH is 1. The summed E-state index contributed by atoms with van der Waals surface area (Å²) in [7, 11) is 3.73. The van der Waals surface area contributed by atoms with Crippen LogP contribution in [0.25, 0.3) is 0 Å². The number of nitrogens with zero attached hydrogens (tertiary/aromatic N) is 1. The van der Waals surface area contributed by atoms with Crippen molar-refractivity contribution in [1.29, 1.82) is 0 Å². The Bertz CT molecular complexity index is 364. The van der Waals surface area contributed by atoms with Crippen molar-refractivity contribution in [2.24, 2.45) is 0 Å². The van der Waals surface area contributed by atoms with E-state index in [9.17, 15) is 5.11 Å². The fraction of sp³-hybridized carbons (Fsp3) is 0.455. The molecule has 1 rings (SSSR count). The number of benzene rings is 1. The zero-order valence-corrected chi connectivity index (χ0v) is 13.1. The van der Waals surface area contributed by atoms with E-state index in [1.807, 2.05) is 19.0 Å². The highest BCUT2D eigenvalue weighted by Crippen LogP contribution is 2.35. The second-order valence-corrected chi connectivity index (χ2v) is 5.18. The third-order valence-corrected chi connectivity index (χ3v) is 2.74. The van der Waals surface area contributed by atoms with Crippen molar-refractivity contribution in [3.05, 3.63) is 27.2 Å². The summed E-state index contributed by atoms with van der Waals surface area (Å²) in [6.45, 7) is 0.627. The van der Waals surface area contributed by atoms with Gasteiger partial charge in [-0.15, -0.1) is 12.4 Å². The molecule has 1 N–H and O–H groups in total. The molecule has 0 radical (unpaired) electrons. The number of hydrogen-bond donors (Lipinski definition) is 1. The summed E-state index contributed by atoms with van der Waals surface area (Å²) in [6, 6.07) is 3.09. The van der Waals surface area contributed by atoms with E-state index in [0.29, 0.717) is 27.4 Å². The molecule has 0 aliphatic heterocycles. The normalized spacial score (nSPS) is 12.2. The highest BCUT2D eigenvalue weighted by Gasteiger charge is 2.12. The minimum Gasteiger partial charge on any atom is -0.488 e. The van der Waals surface area contributed by atoms with Crippen LogP contribution < -0.4 is 4.74 Å². The summed E-state index contributed by atoms with van der Waals surface area (Å²) in [4.78, 5) is 1.86. The molecule has 1 aromatic carbocycles. The van der Waals surface area contributed by atoms with E-state index in [2.05, 4.69) is 0 Å². The molecule has 0 saturated heterocycles. The van der Waals surface area contributed by atoms with Crippen molar-refractivity contribution < 1.29 is 9.84 Å². The lowest BCUT2D eigenvalue weighted by Crippen LogP contribution is -2.30. The molecule has 0 aliphatic carbocycles. The molecule has 0 aliphatic rings. The molecule has 0 heterocycles. The average molecular weight is 335 g/mol. The largest absolute Gasteiger partial charge is 0.488 e. The van der Waals surface area contributed by atoms with Crippen LogP contribution in [-0.2, 0) is 0 Å². The third kappa shape index (κ3) is 5.83. The van der Waals surface area contributed by atoms with Crippen LogP contribution in [0.4, 0.5) is 0 Å². The Balaban J connectivity index is 0.00000289. The van der Waals surface area contributed by atoms with Crippen LogP contribution in [0.3, 0.4) is 0 Å². The van der Waals surface area contributed by atoms with Crippen LogP contribution in [0, 0.1) is 0 Å². The van der Waals surface area contributed by atoms with Crippen LogP contribution in [0.5, 0.6) is 5.75 Å². The molecule has 104 valence electrons. The van der Waals surface area contributed by atoms with Crippen LogP contribution in [0.2, 0.25) is 15.1 Å². The van der Waals surface area contributed by atoms with Gasteiger partial charge >= 0.3 is 0 Å². The Morgan fingerprint density at radius 3 is 2.17 bits per heavy atom. The van der Waals surface area contributed by atoms with Gasteiger partial charge in [-0.1, -0.05) is 34.8 Å². The summed E-state index contributed by atoms with van der Waals surface area (Å²) >= 11 is 17.6. The maximum Gasteiger partial charge on any atom is 0.156 e.